The smallest absolute Gasteiger partial charge is 0.310 e. The van der Waals surface area contributed by atoms with Gasteiger partial charge < -0.3 is 34.5 Å². The molecule has 0 spiro atoms. The van der Waals surface area contributed by atoms with Gasteiger partial charge in [0.2, 0.25) is 12.5 Å². The lowest BCUT2D eigenvalue weighted by Crippen LogP contribution is -2.37. The summed E-state index contributed by atoms with van der Waals surface area (Å²) in [6.07, 6.45) is 0. The molecule has 180 valence electrons. The highest BCUT2D eigenvalue weighted by molar-refractivity contribution is 5.79. The van der Waals surface area contributed by atoms with E-state index in [4.69, 9.17) is 18.9 Å². The number of benzene rings is 3. The minimum Gasteiger partial charge on any atom is -0.504 e. The molecule has 1 fully saturated rings. The van der Waals surface area contributed by atoms with Gasteiger partial charge >= 0.3 is 5.97 Å². The van der Waals surface area contributed by atoms with Gasteiger partial charge in [0, 0.05) is 17.5 Å². The third-order valence-corrected chi connectivity index (χ3v) is 7.01. The van der Waals surface area contributed by atoms with E-state index in [9.17, 15) is 19.4 Å². The number of carbonyl (C=O) groups is 1. The van der Waals surface area contributed by atoms with Crippen LogP contribution in [0.5, 0.6) is 28.7 Å². The summed E-state index contributed by atoms with van der Waals surface area (Å²) in [6.45, 7) is 0.273. The molecule has 3 aromatic carbocycles. The van der Waals surface area contributed by atoms with E-state index in [0.717, 1.165) is 11.1 Å². The molecule has 0 amide bonds. The molecule has 6 rings (SSSR count). The fourth-order valence-electron chi connectivity index (χ4n) is 5.42. The van der Waals surface area contributed by atoms with Gasteiger partial charge in [0.1, 0.15) is 5.82 Å². The Kier molecular flexibility index (Phi) is 4.87. The molecule has 35 heavy (non-hydrogen) atoms. The number of rotatable bonds is 4. The minimum absolute atomic E-state index is 0.0850. The lowest BCUT2D eigenvalue weighted by atomic mass is 9.65. The minimum atomic E-state index is -0.588. The summed E-state index contributed by atoms with van der Waals surface area (Å²) in [6, 6.07) is 12.5. The van der Waals surface area contributed by atoms with Gasteiger partial charge in [0.15, 0.2) is 23.0 Å². The quantitative estimate of drug-likeness (QED) is 0.380. The number of phenols is 2. The van der Waals surface area contributed by atoms with Crippen LogP contribution in [-0.4, -0.2) is 36.7 Å². The summed E-state index contributed by atoms with van der Waals surface area (Å²) in [5.41, 5.74) is 2.95. The van der Waals surface area contributed by atoms with Gasteiger partial charge in [-0.15, -0.1) is 0 Å². The molecule has 0 bridgehead atoms. The molecule has 1 aliphatic carbocycles. The lowest BCUT2D eigenvalue weighted by Gasteiger charge is -2.40. The third-order valence-electron chi connectivity index (χ3n) is 7.01. The van der Waals surface area contributed by atoms with Crippen molar-refractivity contribution in [2.75, 3.05) is 25.8 Å². The maximum atomic E-state index is 13.5. The monoisotopic (exact) mass is 479 g/mol. The van der Waals surface area contributed by atoms with Crippen molar-refractivity contribution in [3.8, 4) is 28.7 Å². The van der Waals surface area contributed by atoms with Crippen molar-refractivity contribution >= 4 is 11.7 Å². The van der Waals surface area contributed by atoms with E-state index in [1.54, 1.807) is 18.2 Å². The van der Waals surface area contributed by atoms with Gasteiger partial charge in [0.25, 0.3) is 0 Å². The van der Waals surface area contributed by atoms with E-state index in [2.05, 4.69) is 5.32 Å². The fraction of sp³-hybridized carbons (Fsp3) is 0.269. The molecule has 4 atom stereocenters. The largest absolute Gasteiger partial charge is 0.504 e. The molecule has 9 heteroatoms. The number of cyclic esters (lactones) is 1. The van der Waals surface area contributed by atoms with Crippen LogP contribution < -0.4 is 19.5 Å². The van der Waals surface area contributed by atoms with E-state index in [-0.39, 0.29) is 54.4 Å². The number of hydrogen-bond acceptors (Lipinski definition) is 8. The van der Waals surface area contributed by atoms with Crippen molar-refractivity contribution in [1.29, 1.82) is 0 Å². The van der Waals surface area contributed by atoms with Crippen LogP contribution in [0.1, 0.15) is 28.7 Å². The molecular weight excluding hydrogens is 457 g/mol. The molecule has 0 saturated carbocycles. The van der Waals surface area contributed by atoms with Crippen LogP contribution >= 0.6 is 0 Å². The molecule has 1 unspecified atom stereocenters. The van der Waals surface area contributed by atoms with Crippen molar-refractivity contribution in [3.05, 3.63) is 71.0 Å². The van der Waals surface area contributed by atoms with Gasteiger partial charge in [0.05, 0.1) is 25.7 Å². The molecular formula is C26H22FNO7. The first kappa shape index (κ1) is 21.4. The number of fused-ring (bicyclic) bond motifs is 3. The van der Waals surface area contributed by atoms with Crippen LogP contribution in [0.4, 0.5) is 10.1 Å². The van der Waals surface area contributed by atoms with Gasteiger partial charge in [-0.25, -0.2) is 4.39 Å². The summed E-state index contributed by atoms with van der Waals surface area (Å²) in [7, 11) is 1.39. The standard InChI is InChI=1S/C26H22FNO7/c1-32-21-7-12(6-18(29)25(21)30)22-15-8-19-20(35-11-34-19)9-16(15)24(17-10-33-26(31)23(17)22)28-14-4-2-13(27)3-5-14/h2-9,17,22-24,28-30H,10-11H2,1H3/t17-,22+,23-,24?/m0/s1. The van der Waals surface area contributed by atoms with E-state index in [1.165, 1.54) is 25.3 Å². The van der Waals surface area contributed by atoms with Crippen LogP contribution in [0, 0.1) is 17.7 Å². The number of methoxy groups -OCH3 is 1. The van der Waals surface area contributed by atoms with Crippen LogP contribution in [0.25, 0.3) is 0 Å². The Morgan fingerprint density at radius 2 is 1.71 bits per heavy atom. The normalized spacial score (nSPS) is 23.9. The first-order valence-corrected chi connectivity index (χ1v) is 11.2. The number of aromatic hydroxyl groups is 2. The fourth-order valence-corrected chi connectivity index (χ4v) is 5.42. The highest BCUT2D eigenvalue weighted by Crippen LogP contribution is 2.56. The summed E-state index contributed by atoms with van der Waals surface area (Å²) in [5, 5.41) is 24.0. The predicted octanol–water partition coefficient (Wildman–Crippen LogP) is 4.06. The number of phenolic OH excluding ortho intramolecular Hbond substituents is 2. The second kappa shape index (κ2) is 7.97. The first-order chi connectivity index (χ1) is 16.9. The van der Waals surface area contributed by atoms with Crippen molar-refractivity contribution < 1.29 is 38.3 Å². The van der Waals surface area contributed by atoms with Crippen LogP contribution in [0.3, 0.4) is 0 Å². The zero-order chi connectivity index (χ0) is 24.3. The highest BCUT2D eigenvalue weighted by Gasteiger charge is 2.52. The summed E-state index contributed by atoms with van der Waals surface area (Å²) < 4.78 is 35.6. The molecule has 2 aliphatic heterocycles. The van der Waals surface area contributed by atoms with Crippen molar-refractivity contribution in [2.45, 2.75) is 12.0 Å². The lowest BCUT2D eigenvalue weighted by molar-refractivity contribution is -0.141. The van der Waals surface area contributed by atoms with Gasteiger partial charge in [-0.2, -0.15) is 0 Å². The molecule has 1 saturated heterocycles. The Morgan fingerprint density at radius 3 is 2.43 bits per heavy atom. The molecule has 0 radical (unpaired) electrons. The molecule has 2 heterocycles. The van der Waals surface area contributed by atoms with E-state index < -0.39 is 11.8 Å². The van der Waals surface area contributed by atoms with Crippen LogP contribution in [0.2, 0.25) is 0 Å². The molecule has 3 aliphatic rings. The number of ether oxygens (including phenoxy) is 4. The highest BCUT2D eigenvalue weighted by atomic mass is 19.1. The van der Waals surface area contributed by atoms with Crippen molar-refractivity contribution in [3.63, 3.8) is 0 Å². The Morgan fingerprint density at radius 1 is 1.00 bits per heavy atom. The van der Waals surface area contributed by atoms with Crippen LogP contribution in [0.15, 0.2) is 48.5 Å². The summed E-state index contributed by atoms with van der Waals surface area (Å²) in [4.78, 5) is 13.1. The summed E-state index contributed by atoms with van der Waals surface area (Å²) in [5.74, 6) is -1.57. The number of esters is 1. The number of carbonyl (C=O) groups excluding carboxylic acids is 1. The number of anilines is 1. The second-order valence-corrected chi connectivity index (χ2v) is 8.85. The second-order valence-electron chi connectivity index (χ2n) is 8.85. The first-order valence-electron chi connectivity index (χ1n) is 11.2. The SMILES string of the molecule is COc1cc([C@@H]2c3cc4c(cc3C(Nc3ccc(F)cc3)[C@H]3COC(=O)[C@H]23)OCO4)cc(O)c1O. The number of nitrogens with one attached hydrogen (secondary N) is 1. The summed E-state index contributed by atoms with van der Waals surface area (Å²) >= 11 is 0. The predicted molar refractivity (Wildman–Crippen MR) is 121 cm³/mol. The topological polar surface area (TPSA) is 106 Å². The zero-order valence-corrected chi connectivity index (χ0v) is 18.7. The Hall–Kier alpha value is -4.14. The van der Waals surface area contributed by atoms with E-state index in [1.807, 2.05) is 12.1 Å². The van der Waals surface area contributed by atoms with E-state index in [0.29, 0.717) is 22.7 Å². The Labute approximate surface area is 199 Å². The average molecular weight is 479 g/mol. The Balaban J connectivity index is 1.54. The zero-order valence-electron chi connectivity index (χ0n) is 18.7. The molecule has 8 nitrogen and oxygen atoms in total. The average Bonchev–Trinajstić information content (AvgIpc) is 3.47. The number of hydrogen-bond donors (Lipinski definition) is 3. The van der Waals surface area contributed by atoms with Crippen LogP contribution in [-0.2, 0) is 9.53 Å². The van der Waals surface area contributed by atoms with E-state index >= 15 is 0 Å². The van der Waals surface area contributed by atoms with Crippen molar-refractivity contribution in [2.24, 2.45) is 11.8 Å². The Bertz CT molecular complexity index is 1330. The molecule has 3 aromatic rings. The molecule has 3 N–H and O–H groups in total. The van der Waals surface area contributed by atoms with Gasteiger partial charge in [-0.05, 0) is 65.2 Å². The maximum absolute atomic E-state index is 13.5. The van der Waals surface area contributed by atoms with Gasteiger partial charge in [-0.1, -0.05) is 0 Å². The third kappa shape index (κ3) is 3.38. The van der Waals surface area contributed by atoms with Crippen molar-refractivity contribution in [1.82, 2.24) is 0 Å². The van der Waals surface area contributed by atoms with Gasteiger partial charge in [-0.3, -0.25) is 4.79 Å². The number of halogens is 1. The molecule has 0 aromatic heterocycles. The maximum Gasteiger partial charge on any atom is 0.310 e.